The molecule has 26 heavy (non-hydrogen) atoms. The van der Waals surface area contributed by atoms with Crippen molar-refractivity contribution in [3.63, 3.8) is 0 Å². The molecule has 0 aliphatic rings. The molecule has 2 aromatic carbocycles. The van der Waals surface area contributed by atoms with E-state index in [2.05, 4.69) is 4.98 Å². The zero-order valence-electron chi connectivity index (χ0n) is 13.8. The number of aliphatic hydroxyl groups excluding tert-OH is 1. The van der Waals surface area contributed by atoms with E-state index in [0.29, 0.717) is 16.3 Å². The number of hydrogen-bond donors (Lipinski definition) is 1. The number of hydrogen-bond acceptors (Lipinski definition) is 3. The van der Waals surface area contributed by atoms with Crippen molar-refractivity contribution < 1.29 is 23.0 Å². The molecule has 1 N–H and O–H groups in total. The van der Waals surface area contributed by atoms with E-state index in [4.69, 9.17) is 16.3 Å². The minimum Gasteiger partial charge on any atom is -0.491 e. The number of rotatable bonds is 5. The number of para-hydroxylation sites is 2. The van der Waals surface area contributed by atoms with Crippen LogP contribution in [0.5, 0.6) is 5.75 Å². The summed E-state index contributed by atoms with van der Waals surface area (Å²) in [6.45, 7) is 1.35. The number of benzene rings is 2. The highest BCUT2D eigenvalue weighted by atomic mass is 35.5. The van der Waals surface area contributed by atoms with Gasteiger partial charge in [0, 0.05) is 5.02 Å². The smallest absolute Gasteiger partial charge is 0.449 e. The Balaban J connectivity index is 1.78. The second kappa shape index (κ2) is 7.17. The number of aliphatic hydroxyl groups is 1. The van der Waals surface area contributed by atoms with Crippen molar-refractivity contribution in [1.29, 1.82) is 0 Å². The molecule has 3 aromatic rings. The third-order valence-electron chi connectivity index (χ3n) is 3.87. The fourth-order valence-corrected chi connectivity index (χ4v) is 2.76. The lowest BCUT2D eigenvalue weighted by Gasteiger charge is -2.16. The number of nitrogens with zero attached hydrogens (tertiary/aromatic N) is 2. The summed E-state index contributed by atoms with van der Waals surface area (Å²) in [5.74, 6) is -0.558. The number of ether oxygens (including phenoxy) is 1. The maximum absolute atomic E-state index is 13.3. The third-order valence-corrected chi connectivity index (χ3v) is 4.30. The number of alkyl halides is 3. The van der Waals surface area contributed by atoms with Crippen molar-refractivity contribution in [2.24, 2.45) is 0 Å². The number of halogens is 4. The zero-order chi connectivity index (χ0) is 18.9. The number of aromatic nitrogens is 2. The third kappa shape index (κ3) is 3.94. The Bertz CT molecular complexity index is 924. The molecule has 0 aliphatic heterocycles. The molecule has 1 aromatic heterocycles. The Kier molecular flexibility index (Phi) is 5.11. The summed E-state index contributed by atoms with van der Waals surface area (Å²) in [4.78, 5) is 3.65. The lowest BCUT2D eigenvalue weighted by Crippen LogP contribution is -2.26. The monoisotopic (exact) mass is 384 g/mol. The lowest BCUT2D eigenvalue weighted by molar-refractivity contribution is -0.147. The first-order valence-electron chi connectivity index (χ1n) is 7.85. The van der Waals surface area contributed by atoms with E-state index in [9.17, 15) is 18.3 Å². The molecule has 3 rings (SSSR count). The average molecular weight is 385 g/mol. The van der Waals surface area contributed by atoms with E-state index >= 15 is 0 Å². The van der Waals surface area contributed by atoms with Gasteiger partial charge in [-0.05, 0) is 42.8 Å². The summed E-state index contributed by atoms with van der Waals surface area (Å²) >= 11 is 5.93. The van der Waals surface area contributed by atoms with E-state index < -0.39 is 18.1 Å². The van der Waals surface area contributed by atoms with Gasteiger partial charge >= 0.3 is 6.18 Å². The Labute approximate surface area is 152 Å². The predicted octanol–water partition coefficient (Wildman–Crippen LogP) is 4.46. The molecule has 1 heterocycles. The van der Waals surface area contributed by atoms with Crippen LogP contribution >= 0.6 is 11.6 Å². The predicted molar refractivity (Wildman–Crippen MR) is 92.4 cm³/mol. The Morgan fingerprint density at radius 2 is 1.96 bits per heavy atom. The van der Waals surface area contributed by atoms with Gasteiger partial charge in [0.25, 0.3) is 0 Å². The summed E-state index contributed by atoms with van der Waals surface area (Å²) in [5, 5.41) is 10.8. The van der Waals surface area contributed by atoms with Gasteiger partial charge in [0.1, 0.15) is 18.5 Å². The highest BCUT2D eigenvalue weighted by molar-refractivity contribution is 6.31. The molecule has 0 amide bonds. The summed E-state index contributed by atoms with van der Waals surface area (Å²) in [6, 6.07) is 11.3. The topological polar surface area (TPSA) is 47.3 Å². The minimum absolute atomic E-state index is 0.162. The van der Waals surface area contributed by atoms with Gasteiger partial charge in [0.2, 0.25) is 5.82 Å². The van der Waals surface area contributed by atoms with Crippen molar-refractivity contribution >= 4 is 22.6 Å². The Hall–Kier alpha value is -2.25. The van der Waals surface area contributed by atoms with Gasteiger partial charge < -0.3 is 14.4 Å². The van der Waals surface area contributed by atoms with Gasteiger partial charge in [0.05, 0.1) is 17.6 Å². The molecule has 0 fully saturated rings. The zero-order valence-corrected chi connectivity index (χ0v) is 14.6. The first kappa shape index (κ1) is 18.5. The van der Waals surface area contributed by atoms with Crippen LogP contribution in [0.3, 0.4) is 0 Å². The van der Waals surface area contributed by atoms with E-state index in [1.807, 2.05) is 0 Å². The largest absolute Gasteiger partial charge is 0.491 e. The molecule has 0 saturated heterocycles. The van der Waals surface area contributed by atoms with Crippen LogP contribution in [0, 0.1) is 6.92 Å². The summed E-state index contributed by atoms with van der Waals surface area (Å²) < 4.78 is 46.2. The van der Waals surface area contributed by atoms with Crippen molar-refractivity contribution in [2.45, 2.75) is 25.7 Å². The quantitative estimate of drug-likeness (QED) is 0.706. The highest BCUT2D eigenvalue weighted by Gasteiger charge is 2.37. The molecule has 0 radical (unpaired) electrons. The fourth-order valence-electron chi connectivity index (χ4n) is 2.64. The van der Waals surface area contributed by atoms with Crippen molar-refractivity contribution in [2.75, 3.05) is 6.61 Å². The van der Waals surface area contributed by atoms with Crippen molar-refractivity contribution in [1.82, 2.24) is 9.55 Å². The lowest BCUT2D eigenvalue weighted by atomic mass is 10.2. The van der Waals surface area contributed by atoms with Gasteiger partial charge in [-0.3, -0.25) is 0 Å². The molecular formula is C18H16ClF3N2O2. The van der Waals surface area contributed by atoms with Crippen LogP contribution in [0.1, 0.15) is 11.4 Å². The number of aryl methyl sites for hydroxylation is 1. The van der Waals surface area contributed by atoms with Gasteiger partial charge in [-0.25, -0.2) is 4.98 Å². The van der Waals surface area contributed by atoms with Gasteiger partial charge in [-0.15, -0.1) is 0 Å². The van der Waals surface area contributed by atoms with Gasteiger partial charge in [0.15, 0.2) is 0 Å². The van der Waals surface area contributed by atoms with E-state index in [0.717, 1.165) is 10.1 Å². The Morgan fingerprint density at radius 1 is 1.23 bits per heavy atom. The average Bonchev–Trinajstić information content (AvgIpc) is 2.95. The van der Waals surface area contributed by atoms with E-state index in [1.165, 1.54) is 12.1 Å². The van der Waals surface area contributed by atoms with Gasteiger partial charge in [-0.1, -0.05) is 23.7 Å². The normalized spacial score (nSPS) is 13.2. The molecule has 0 saturated carbocycles. The van der Waals surface area contributed by atoms with Crippen LogP contribution in [0.2, 0.25) is 5.02 Å². The maximum Gasteiger partial charge on any atom is 0.449 e. The SMILES string of the molecule is Cc1cc(OC[C@H](O)Cn2c(C(F)(F)F)nc3ccccc32)ccc1Cl. The van der Waals surface area contributed by atoms with E-state index in [-0.39, 0.29) is 18.7 Å². The molecule has 0 unspecified atom stereocenters. The first-order chi connectivity index (χ1) is 12.3. The maximum atomic E-state index is 13.3. The van der Waals surface area contributed by atoms with Crippen molar-refractivity contribution in [3.8, 4) is 5.75 Å². The van der Waals surface area contributed by atoms with Crippen LogP contribution in [-0.4, -0.2) is 27.4 Å². The molecule has 0 spiro atoms. The molecule has 138 valence electrons. The van der Waals surface area contributed by atoms with Crippen LogP contribution in [0.15, 0.2) is 42.5 Å². The molecular weight excluding hydrogens is 369 g/mol. The Morgan fingerprint density at radius 3 is 2.65 bits per heavy atom. The second-order valence-corrected chi connectivity index (χ2v) is 6.32. The number of imidazole rings is 1. The standard InChI is InChI=1S/C18H16ClF3N2O2/c1-11-8-13(6-7-14(11)19)26-10-12(25)9-24-16-5-3-2-4-15(16)23-17(24)18(20,21)22/h2-8,12,25H,9-10H2,1H3/t12-/m1/s1. The van der Waals surface area contributed by atoms with E-state index in [1.54, 1.807) is 37.3 Å². The van der Waals surface area contributed by atoms with Crippen LogP contribution in [-0.2, 0) is 12.7 Å². The molecule has 4 nitrogen and oxygen atoms in total. The summed E-state index contributed by atoms with van der Waals surface area (Å²) in [5.41, 5.74) is 1.33. The molecule has 0 bridgehead atoms. The molecule has 8 heteroatoms. The fraction of sp³-hybridized carbons (Fsp3) is 0.278. The molecule has 0 aliphatic carbocycles. The molecule has 1 atom stereocenters. The number of fused-ring (bicyclic) bond motifs is 1. The summed E-state index contributed by atoms with van der Waals surface area (Å²) in [7, 11) is 0. The van der Waals surface area contributed by atoms with Gasteiger partial charge in [-0.2, -0.15) is 13.2 Å². The minimum atomic E-state index is -4.62. The van der Waals surface area contributed by atoms with Crippen LogP contribution in [0.25, 0.3) is 11.0 Å². The van der Waals surface area contributed by atoms with Crippen LogP contribution in [0.4, 0.5) is 13.2 Å². The van der Waals surface area contributed by atoms with Crippen molar-refractivity contribution in [3.05, 3.63) is 58.9 Å². The first-order valence-corrected chi connectivity index (χ1v) is 8.23. The summed E-state index contributed by atoms with van der Waals surface area (Å²) in [6.07, 6.45) is -5.77. The van der Waals surface area contributed by atoms with Crippen LogP contribution < -0.4 is 4.74 Å². The highest BCUT2D eigenvalue weighted by Crippen LogP contribution is 2.31. The second-order valence-electron chi connectivity index (χ2n) is 5.91.